The highest BCUT2D eigenvalue weighted by molar-refractivity contribution is 5.94. The van der Waals surface area contributed by atoms with Crippen molar-refractivity contribution in [1.82, 2.24) is 24.6 Å². The first-order valence-corrected chi connectivity index (χ1v) is 8.02. The van der Waals surface area contributed by atoms with Gasteiger partial charge in [-0.2, -0.15) is 5.10 Å². The van der Waals surface area contributed by atoms with E-state index in [4.69, 9.17) is 0 Å². The van der Waals surface area contributed by atoms with Crippen molar-refractivity contribution >= 4 is 5.91 Å². The van der Waals surface area contributed by atoms with E-state index in [9.17, 15) is 4.79 Å². The second-order valence-electron chi connectivity index (χ2n) is 6.20. The molecular formula is C17H23N5O. The van der Waals surface area contributed by atoms with E-state index in [2.05, 4.69) is 15.0 Å². The summed E-state index contributed by atoms with van der Waals surface area (Å²) in [5.41, 5.74) is 2.92. The van der Waals surface area contributed by atoms with Gasteiger partial charge in [-0.1, -0.05) is 0 Å². The van der Waals surface area contributed by atoms with E-state index in [0.717, 1.165) is 44.7 Å². The number of amides is 1. The minimum Gasteiger partial charge on any atom is -0.337 e. The minimum absolute atomic E-state index is 0.0874. The summed E-state index contributed by atoms with van der Waals surface area (Å²) in [7, 11) is 1.93. The van der Waals surface area contributed by atoms with Crippen LogP contribution in [0.3, 0.4) is 0 Å². The molecule has 0 N–H and O–H groups in total. The molecule has 3 rings (SSSR count). The normalized spacial score (nSPS) is 16.3. The van der Waals surface area contributed by atoms with Gasteiger partial charge >= 0.3 is 0 Å². The number of carbonyl (C=O) groups excluding carboxylic acids is 1. The fraction of sp³-hybridized carbons (Fsp3) is 0.471. The zero-order valence-corrected chi connectivity index (χ0v) is 13.8. The van der Waals surface area contributed by atoms with Crippen LogP contribution in [0.15, 0.2) is 30.9 Å². The molecule has 1 amide bonds. The summed E-state index contributed by atoms with van der Waals surface area (Å²) >= 11 is 0. The molecule has 122 valence electrons. The topological polar surface area (TPSA) is 54.3 Å². The Hall–Kier alpha value is -2.21. The Morgan fingerprint density at radius 3 is 2.78 bits per heavy atom. The SMILES string of the molecule is Cc1cncc(C(=O)N2CCCN(Cc3cnn(C)c3)CC2)c1. The molecule has 0 saturated carbocycles. The zero-order valence-electron chi connectivity index (χ0n) is 13.8. The Kier molecular flexibility index (Phi) is 4.71. The Morgan fingerprint density at radius 1 is 1.17 bits per heavy atom. The summed E-state index contributed by atoms with van der Waals surface area (Å²) in [6, 6.07) is 1.91. The molecule has 0 spiro atoms. The van der Waals surface area contributed by atoms with Crippen molar-refractivity contribution in [3.8, 4) is 0 Å². The maximum Gasteiger partial charge on any atom is 0.255 e. The Labute approximate surface area is 136 Å². The highest BCUT2D eigenvalue weighted by atomic mass is 16.2. The molecule has 3 heterocycles. The van der Waals surface area contributed by atoms with Crippen LogP contribution in [0.2, 0.25) is 0 Å². The minimum atomic E-state index is 0.0874. The van der Waals surface area contributed by atoms with Crippen LogP contribution in [0.1, 0.15) is 27.9 Å². The Morgan fingerprint density at radius 2 is 2.04 bits per heavy atom. The lowest BCUT2D eigenvalue weighted by atomic mass is 10.2. The van der Waals surface area contributed by atoms with E-state index >= 15 is 0 Å². The smallest absolute Gasteiger partial charge is 0.255 e. The number of hydrogen-bond donors (Lipinski definition) is 0. The number of carbonyl (C=O) groups is 1. The molecule has 0 unspecified atom stereocenters. The van der Waals surface area contributed by atoms with Gasteiger partial charge < -0.3 is 4.90 Å². The van der Waals surface area contributed by atoms with Crippen molar-refractivity contribution in [1.29, 1.82) is 0 Å². The van der Waals surface area contributed by atoms with Gasteiger partial charge in [-0.25, -0.2) is 0 Å². The largest absolute Gasteiger partial charge is 0.337 e. The Balaban J connectivity index is 1.60. The van der Waals surface area contributed by atoms with Crippen LogP contribution in [0.5, 0.6) is 0 Å². The van der Waals surface area contributed by atoms with E-state index < -0.39 is 0 Å². The molecule has 1 aliphatic heterocycles. The van der Waals surface area contributed by atoms with Crippen LogP contribution < -0.4 is 0 Å². The highest BCUT2D eigenvalue weighted by Crippen LogP contribution is 2.12. The van der Waals surface area contributed by atoms with Gasteiger partial charge in [-0.15, -0.1) is 0 Å². The standard InChI is InChI=1S/C17H23N5O/c1-14-8-16(11-18-9-14)17(23)22-5-3-4-21(6-7-22)13-15-10-19-20(2)12-15/h8-12H,3-7,13H2,1-2H3. The molecule has 0 bridgehead atoms. The lowest BCUT2D eigenvalue weighted by molar-refractivity contribution is 0.0760. The van der Waals surface area contributed by atoms with E-state index in [1.165, 1.54) is 5.56 Å². The highest BCUT2D eigenvalue weighted by Gasteiger charge is 2.20. The number of hydrogen-bond acceptors (Lipinski definition) is 4. The van der Waals surface area contributed by atoms with Gasteiger partial charge in [0.15, 0.2) is 0 Å². The first kappa shape index (κ1) is 15.7. The molecule has 2 aromatic heterocycles. The van der Waals surface area contributed by atoms with Crippen LogP contribution in [-0.2, 0) is 13.6 Å². The lowest BCUT2D eigenvalue weighted by Gasteiger charge is -2.21. The Bertz CT molecular complexity index is 681. The maximum absolute atomic E-state index is 12.6. The predicted molar refractivity (Wildman–Crippen MR) is 88.0 cm³/mol. The van der Waals surface area contributed by atoms with Crippen molar-refractivity contribution in [2.75, 3.05) is 26.2 Å². The summed E-state index contributed by atoms with van der Waals surface area (Å²) < 4.78 is 1.83. The maximum atomic E-state index is 12.6. The average molecular weight is 313 g/mol. The van der Waals surface area contributed by atoms with Gasteiger partial charge in [-0.3, -0.25) is 19.4 Å². The van der Waals surface area contributed by atoms with Crippen molar-refractivity contribution in [3.05, 3.63) is 47.5 Å². The summed E-state index contributed by atoms with van der Waals surface area (Å²) in [5, 5.41) is 4.22. The molecule has 23 heavy (non-hydrogen) atoms. The van der Waals surface area contributed by atoms with Gasteiger partial charge in [0.1, 0.15) is 0 Å². The molecular weight excluding hydrogens is 290 g/mol. The van der Waals surface area contributed by atoms with Crippen LogP contribution in [-0.4, -0.2) is 56.7 Å². The monoisotopic (exact) mass is 313 g/mol. The van der Waals surface area contributed by atoms with E-state index in [1.807, 2.05) is 42.0 Å². The third-order valence-corrected chi connectivity index (χ3v) is 4.16. The second kappa shape index (κ2) is 6.91. The van der Waals surface area contributed by atoms with Crippen LogP contribution in [0.25, 0.3) is 0 Å². The number of aromatic nitrogens is 3. The van der Waals surface area contributed by atoms with Gasteiger partial charge in [0.05, 0.1) is 11.8 Å². The number of pyridine rings is 1. The average Bonchev–Trinajstić information content (AvgIpc) is 2.80. The van der Waals surface area contributed by atoms with Crippen LogP contribution in [0, 0.1) is 6.92 Å². The van der Waals surface area contributed by atoms with Crippen molar-refractivity contribution < 1.29 is 4.79 Å². The first-order valence-electron chi connectivity index (χ1n) is 8.02. The third kappa shape index (κ3) is 3.96. The third-order valence-electron chi connectivity index (χ3n) is 4.16. The fourth-order valence-corrected chi connectivity index (χ4v) is 3.00. The predicted octanol–water partition coefficient (Wildman–Crippen LogP) is 1.47. The fourth-order valence-electron chi connectivity index (χ4n) is 3.00. The first-order chi connectivity index (χ1) is 11.1. The lowest BCUT2D eigenvalue weighted by Crippen LogP contribution is -2.35. The van der Waals surface area contributed by atoms with E-state index in [0.29, 0.717) is 5.56 Å². The van der Waals surface area contributed by atoms with Gasteiger partial charge in [0, 0.05) is 63.9 Å². The molecule has 0 aromatic carbocycles. The van der Waals surface area contributed by atoms with Crippen LogP contribution in [0.4, 0.5) is 0 Å². The van der Waals surface area contributed by atoms with Crippen molar-refractivity contribution in [2.45, 2.75) is 19.9 Å². The number of aryl methyl sites for hydroxylation is 2. The molecule has 6 heteroatoms. The van der Waals surface area contributed by atoms with Gasteiger partial charge in [0.25, 0.3) is 5.91 Å². The molecule has 2 aromatic rings. The molecule has 1 aliphatic rings. The summed E-state index contributed by atoms with van der Waals surface area (Å²) in [6.45, 7) is 6.30. The number of rotatable bonds is 3. The quantitative estimate of drug-likeness (QED) is 0.861. The van der Waals surface area contributed by atoms with Crippen molar-refractivity contribution in [2.24, 2.45) is 7.05 Å². The summed E-state index contributed by atoms with van der Waals surface area (Å²) in [6.07, 6.45) is 8.38. The van der Waals surface area contributed by atoms with Crippen LogP contribution >= 0.6 is 0 Å². The zero-order chi connectivity index (χ0) is 16.2. The van der Waals surface area contributed by atoms with Crippen molar-refractivity contribution in [3.63, 3.8) is 0 Å². The van der Waals surface area contributed by atoms with Gasteiger partial charge in [-0.05, 0) is 25.0 Å². The summed E-state index contributed by atoms with van der Waals surface area (Å²) in [4.78, 5) is 21.1. The summed E-state index contributed by atoms with van der Waals surface area (Å²) in [5.74, 6) is 0.0874. The molecule has 0 radical (unpaired) electrons. The molecule has 1 fully saturated rings. The number of nitrogens with zero attached hydrogens (tertiary/aromatic N) is 5. The molecule has 0 atom stereocenters. The van der Waals surface area contributed by atoms with Gasteiger partial charge in [0.2, 0.25) is 0 Å². The van der Waals surface area contributed by atoms with E-state index in [1.54, 1.807) is 12.4 Å². The molecule has 0 aliphatic carbocycles. The molecule has 1 saturated heterocycles. The van der Waals surface area contributed by atoms with E-state index in [-0.39, 0.29) is 5.91 Å². The second-order valence-corrected chi connectivity index (χ2v) is 6.20. The molecule has 6 nitrogen and oxygen atoms in total.